The van der Waals surface area contributed by atoms with Gasteiger partial charge >= 0.3 is 0 Å². The number of piperidine rings is 1. The minimum Gasteiger partial charge on any atom is -0.397 e. The molecule has 4 nitrogen and oxygen atoms in total. The van der Waals surface area contributed by atoms with Gasteiger partial charge in [0, 0.05) is 30.2 Å². The van der Waals surface area contributed by atoms with E-state index in [4.69, 9.17) is 5.73 Å². The van der Waals surface area contributed by atoms with Crippen LogP contribution in [0.15, 0.2) is 30.5 Å². The summed E-state index contributed by atoms with van der Waals surface area (Å²) in [5, 5.41) is 4.75. The van der Waals surface area contributed by atoms with Gasteiger partial charge in [0.05, 0.1) is 16.9 Å². The fourth-order valence-corrected chi connectivity index (χ4v) is 3.92. The van der Waals surface area contributed by atoms with Crippen molar-refractivity contribution in [2.24, 2.45) is 0 Å². The van der Waals surface area contributed by atoms with E-state index in [-0.39, 0.29) is 0 Å². The first-order valence-corrected chi connectivity index (χ1v) is 7.97. The van der Waals surface area contributed by atoms with Gasteiger partial charge in [0.25, 0.3) is 0 Å². The molecule has 0 bridgehead atoms. The van der Waals surface area contributed by atoms with E-state index in [1.54, 1.807) is 0 Å². The van der Waals surface area contributed by atoms with Gasteiger partial charge in [0.1, 0.15) is 0 Å². The smallest absolute Gasteiger partial charge is 0.0724 e. The van der Waals surface area contributed by atoms with Crippen molar-refractivity contribution in [1.82, 2.24) is 9.88 Å². The first-order chi connectivity index (χ1) is 10.3. The van der Waals surface area contributed by atoms with Gasteiger partial charge in [-0.05, 0) is 50.1 Å². The maximum atomic E-state index is 6.35. The molecule has 1 aromatic heterocycles. The summed E-state index contributed by atoms with van der Waals surface area (Å²) in [7, 11) is 0. The molecule has 1 aromatic carbocycles. The lowest BCUT2D eigenvalue weighted by Gasteiger charge is -2.33. The van der Waals surface area contributed by atoms with E-state index in [1.165, 1.54) is 38.8 Å². The Hall–Kier alpha value is -1.81. The highest BCUT2D eigenvalue weighted by atomic mass is 15.2. The topological polar surface area (TPSA) is 54.2 Å². The van der Waals surface area contributed by atoms with Gasteiger partial charge in [0.15, 0.2) is 0 Å². The summed E-state index contributed by atoms with van der Waals surface area (Å²) in [5.74, 6) is 0. The molecule has 3 N–H and O–H groups in total. The lowest BCUT2D eigenvalue weighted by atomic mass is 9.98. The Balaban J connectivity index is 1.61. The number of pyridine rings is 1. The zero-order chi connectivity index (χ0) is 14.2. The van der Waals surface area contributed by atoms with Crippen LogP contribution in [0, 0.1) is 0 Å². The molecular weight excluding hydrogens is 260 g/mol. The third-order valence-corrected chi connectivity index (χ3v) is 5.02. The van der Waals surface area contributed by atoms with E-state index in [0.29, 0.717) is 12.1 Å². The molecule has 2 aliphatic rings. The number of fused-ring (bicyclic) bond motifs is 2. The SMILES string of the molecule is Nc1c(NC2CCN3CCCCC23)ccc2ncccc12. The highest BCUT2D eigenvalue weighted by molar-refractivity contribution is 5.96. The van der Waals surface area contributed by atoms with Crippen LogP contribution < -0.4 is 11.1 Å². The molecule has 0 amide bonds. The molecule has 0 saturated carbocycles. The lowest BCUT2D eigenvalue weighted by Crippen LogP contribution is -2.41. The molecule has 4 heteroatoms. The van der Waals surface area contributed by atoms with Crippen LogP contribution in [-0.4, -0.2) is 35.1 Å². The van der Waals surface area contributed by atoms with E-state index < -0.39 is 0 Å². The normalized spacial score (nSPS) is 25.9. The fraction of sp³-hybridized carbons (Fsp3) is 0.471. The van der Waals surface area contributed by atoms with Gasteiger partial charge < -0.3 is 11.1 Å². The third-order valence-electron chi connectivity index (χ3n) is 5.02. The van der Waals surface area contributed by atoms with E-state index in [2.05, 4.69) is 27.3 Å². The predicted molar refractivity (Wildman–Crippen MR) is 87.4 cm³/mol. The quantitative estimate of drug-likeness (QED) is 0.832. The molecule has 3 heterocycles. The molecular formula is C17H22N4. The molecule has 0 radical (unpaired) electrons. The van der Waals surface area contributed by atoms with E-state index in [9.17, 15) is 0 Å². The van der Waals surface area contributed by atoms with Gasteiger partial charge in [0.2, 0.25) is 0 Å². The zero-order valence-corrected chi connectivity index (χ0v) is 12.3. The average Bonchev–Trinajstić information content (AvgIpc) is 2.94. The number of rotatable bonds is 2. The minimum absolute atomic E-state index is 0.529. The van der Waals surface area contributed by atoms with Crippen molar-refractivity contribution in [2.75, 3.05) is 24.1 Å². The second kappa shape index (κ2) is 5.19. The van der Waals surface area contributed by atoms with Gasteiger partial charge in [-0.2, -0.15) is 0 Å². The highest BCUT2D eigenvalue weighted by Gasteiger charge is 2.35. The molecule has 2 atom stereocenters. The van der Waals surface area contributed by atoms with Crippen LogP contribution in [0.5, 0.6) is 0 Å². The maximum absolute atomic E-state index is 6.35. The van der Waals surface area contributed by atoms with E-state index in [0.717, 1.165) is 22.3 Å². The van der Waals surface area contributed by atoms with Crippen LogP contribution in [0.4, 0.5) is 11.4 Å². The Morgan fingerprint density at radius 2 is 2.10 bits per heavy atom. The average molecular weight is 282 g/mol. The highest BCUT2D eigenvalue weighted by Crippen LogP contribution is 2.33. The summed E-state index contributed by atoms with van der Waals surface area (Å²) in [4.78, 5) is 7.00. The number of anilines is 2. The van der Waals surface area contributed by atoms with Crippen LogP contribution in [0.3, 0.4) is 0 Å². The molecule has 2 fully saturated rings. The van der Waals surface area contributed by atoms with Crippen LogP contribution in [-0.2, 0) is 0 Å². The molecule has 4 rings (SSSR count). The molecule has 2 aromatic rings. The summed E-state index contributed by atoms with van der Waals surface area (Å²) in [6.45, 7) is 2.48. The Labute approximate surface area is 125 Å². The van der Waals surface area contributed by atoms with Crippen LogP contribution in [0.1, 0.15) is 25.7 Å². The Morgan fingerprint density at radius 3 is 3.05 bits per heavy atom. The summed E-state index contributed by atoms with van der Waals surface area (Å²) in [6.07, 6.45) is 7.05. The summed E-state index contributed by atoms with van der Waals surface area (Å²) >= 11 is 0. The van der Waals surface area contributed by atoms with Crippen molar-refractivity contribution in [3.8, 4) is 0 Å². The van der Waals surface area contributed by atoms with Gasteiger partial charge in [-0.25, -0.2) is 0 Å². The Bertz CT molecular complexity index is 654. The third kappa shape index (κ3) is 2.23. The number of nitrogen functional groups attached to an aromatic ring is 1. The van der Waals surface area contributed by atoms with E-state index >= 15 is 0 Å². The maximum Gasteiger partial charge on any atom is 0.0724 e. The van der Waals surface area contributed by atoms with Crippen molar-refractivity contribution in [3.05, 3.63) is 30.5 Å². The standard InChI is InChI=1S/C17H22N4/c18-17-12-4-3-9-19-13(12)6-7-15(17)20-14-8-11-21-10-2-1-5-16(14)21/h3-4,6-7,9,14,16,20H,1-2,5,8,10-11,18H2. The molecule has 2 unspecified atom stereocenters. The molecule has 2 aliphatic heterocycles. The van der Waals surface area contributed by atoms with Gasteiger partial charge in [-0.1, -0.05) is 6.42 Å². The Morgan fingerprint density at radius 1 is 1.14 bits per heavy atom. The molecule has 21 heavy (non-hydrogen) atoms. The van der Waals surface area contributed by atoms with Crippen molar-refractivity contribution in [3.63, 3.8) is 0 Å². The van der Waals surface area contributed by atoms with Crippen molar-refractivity contribution < 1.29 is 0 Å². The predicted octanol–water partition coefficient (Wildman–Crippen LogP) is 2.86. The largest absolute Gasteiger partial charge is 0.397 e. The molecule has 0 aliphatic carbocycles. The minimum atomic E-state index is 0.529. The van der Waals surface area contributed by atoms with Crippen LogP contribution in [0.2, 0.25) is 0 Å². The van der Waals surface area contributed by atoms with Crippen molar-refractivity contribution >= 4 is 22.3 Å². The number of nitrogens with two attached hydrogens (primary N) is 1. The van der Waals surface area contributed by atoms with Gasteiger partial charge in [-0.15, -0.1) is 0 Å². The summed E-state index contributed by atoms with van der Waals surface area (Å²) in [6, 6.07) is 9.34. The second-order valence-electron chi connectivity index (χ2n) is 6.24. The summed E-state index contributed by atoms with van der Waals surface area (Å²) < 4.78 is 0. The second-order valence-corrected chi connectivity index (χ2v) is 6.24. The number of hydrogen-bond donors (Lipinski definition) is 2. The molecule has 110 valence electrons. The zero-order valence-electron chi connectivity index (χ0n) is 12.3. The number of nitrogens with zero attached hydrogens (tertiary/aromatic N) is 2. The number of hydrogen-bond acceptors (Lipinski definition) is 4. The fourth-order valence-electron chi connectivity index (χ4n) is 3.92. The number of benzene rings is 1. The van der Waals surface area contributed by atoms with Crippen molar-refractivity contribution in [1.29, 1.82) is 0 Å². The lowest BCUT2D eigenvalue weighted by molar-refractivity contribution is 0.193. The van der Waals surface area contributed by atoms with Gasteiger partial charge in [-0.3, -0.25) is 9.88 Å². The summed E-state index contributed by atoms with van der Waals surface area (Å²) in [5.41, 5.74) is 9.20. The molecule has 2 saturated heterocycles. The first-order valence-electron chi connectivity index (χ1n) is 7.97. The monoisotopic (exact) mass is 282 g/mol. The number of nitrogens with one attached hydrogen (secondary N) is 1. The molecule has 0 spiro atoms. The Kier molecular flexibility index (Phi) is 3.19. The van der Waals surface area contributed by atoms with Crippen LogP contribution in [0.25, 0.3) is 10.9 Å². The van der Waals surface area contributed by atoms with Crippen molar-refractivity contribution in [2.45, 2.75) is 37.8 Å². The first kappa shape index (κ1) is 12.9. The number of aromatic nitrogens is 1. The van der Waals surface area contributed by atoms with E-state index in [1.807, 2.05) is 18.3 Å². The van der Waals surface area contributed by atoms with Crippen LogP contribution >= 0.6 is 0 Å².